The molecule has 0 bridgehead atoms. The van der Waals surface area contributed by atoms with Gasteiger partial charge in [0.1, 0.15) is 6.54 Å². The van der Waals surface area contributed by atoms with Gasteiger partial charge in [-0.05, 0) is 17.0 Å². The van der Waals surface area contributed by atoms with E-state index in [1.807, 2.05) is 18.2 Å². The quantitative estimate of drug-likeness (QED) is 0.826. The molecule has 0 saturated heterocycles. The molecule has 0 unspecified atom stereocenters. The number of rotatable bonds is 6. The first-order valence-corrected chi connectivity index (χ1v) is 6.24. The third kappa shape index (κ3) is 5.86. The van der Waals surface area contributed by atoms with Crippen LogP contribution in [0.3, 0.4) is 0 Å². The molecule has 0 aliphatic rings. The summed E-state index contributed by atoms with van der Waals surface area (Å²) >= 11 is 0. The Bertz CT molecular complexity index is 461. The molecule has 4 nitrogen and oxygen atoms in total. The van der Waals surface area contributed by atoms with Gasteiger partial charge in [0.15, 0.2) is 0 Å². The maximum Gasteiger partial charge on any atom is 0.322 e. The van der Waals surface area contributed by atoms with Crippen LogP contribution < -0.4 is 5.32 Å². The number of nitrogens with one attached hydrogen (secondary N) is 1. The number of carboxylic acids is 1. The molecule has 0 heterocycles. The molecular weight excluding hydrogens is 242 g/mol. The smallest absolute Gasteiger partial charge is 0.322 e. The summed E-state index contributed by atoms with van der Waals surface area (Å²) in [4.78, 5) is 21.5. The monoisotopic (exact) mass is 261 g/mol. The molecule has 0 saturated carbocycles. The molecule has 1 aromatic carbocycles. The molecule has 0 aromatic heterocycles. The fourth-order valence-corrected chi connectivity index (χ4v) is 1.54. The van der Waals surface area contributed by atoms with Gasteiger partial charge in [-0.2, -0.15) is 0 Å². The van der Waals surface area contributed by atoms with Crippen LogP contribution in [-0.2, 0) is 9.59 Å². The van der Waals surface area contributed by atoms with Gasteiger partial charge in [-0.1, -0.05) is 50.3 Å². The lowest BCUT2D eigenvalue weighted by Crippen LogP contribution is -2.28. The van der Waals surface area contributed by atoms with E-state index >= 15 is 0 Å². The Labute approximate surface area is 113 Å². The van der Waals surface area contributed by atoms with Gasteiger partial charge >= 0.3 is 5.97 Å². The van der Waals surface area contributed by atoms with Gasteiger partial charge in [-0.3, -0.25) is 9.59 Å². The highest BCUT2D eigenvalue weighted by Crippen LogP contribution is 2.15. The number of amides is 1. The molecule has 2 N–H and O–H groups in total. The highest BCUT2D eigenvalue weighted by Gasteiger charge is 2.01. The molecule has 102 valence electrons. The molecule has 1 rings (SSSR count). The Morgan fingerprint density at radius 3 is 2.42 bits per heavy atom. The summed E-state index contributed by atoms with van der Waals surface area (Å²) in [5.74, 6) is -0.834. The molecule has 0 fully saturated rings. The average molecular weight is 261 g/mol. The van der Waals surface area contributed by atoms with Gasteiger partial charge in [0.2, 0.25) is 5.91 Å². The van der Waals surface area contributed by atoms with Gasteiger partial charge < -0.3 is 10.4 Å². The third-order valence-corrected chi connectivity index (χ3v) is 2.65. The van der Waals surface area contributed by atoms with Gasteiger partial charge in [-0.15, -0.1) is 0 Å². The Morgan fingerprint density at radius 1 is 1.26 bits per heavy atom. The normalized spacial score (nSPS) is 10.9. The molecule has 4 heteroatoms. The Balaban J connectivity index is 2.44. The summed E-state index contributed by atoms with van der Waals surface area (Å²) in [5.41, 5.74) is 2.30. The lowest BCUT2D eigenvalue weighted by Gasteiger charge is -2.04. The molecule has 0 atom stereocenters. The molecule has 0 aliphatic heterocycles. The standard InChI is InChI=1S/C15H19NO3/c1-11(2)13-8-6-12(7-9-13)4-3-5-14(17)16-10-15(18)19/h3-4,6-9,11H,5,10H2,1-2H3,(H,16,17)(H,18,19)/b4-3+. The van der Waals surface area contributed by atoms with Crippen LogP contribution >= 0.6 is 0 Å². The van der Waals surface area contributed by atoms with E-state index in [0.717, 1.165) is 5.56 Å². The lowest BCUT2D eigenvalue weighted by molar-refractivity contribution is -0.137. The van der Waals surface area contributed by atoms with Crippen LogP contribution in [0.4, 0.5) is 0 Å². The van der Waals surface area contributed by atoms with Crippen LogP contribution in [0.1, 0.15) is 37.3 Å². The van der Waals surface area contributed by atoms with E-state index in [1.165, 1.54) is 5.56 Å². The minimum atomic E-state index is -1.04. The summed E-state index contributed by atoms with van der Waals surface area (Å²) in [6.07, 6.45) is 3.76. The first-order chi connectivity index (χ1) is 8.99. The van der Waals surface area contributed by atoms with Crippen molar-refractivity contribution in [2.45, 2.75) is 26.2 Å². The number of hydrogen-bond donors (Lipinski definition) is 2. The van der Waals surface area contributed by atoms with Gasteiger partial charge in [0, 0.05) is 6.42 Å². The average Bonchev–Trinajstić information content (AvgIpc) is 2.37. The number of carbonyl (C=O) groups is 2. The zero-order valence-electron chi connectivity index (χ0n) is 11.2. The fourth-order valence-electron chi connectivity index (χ4n) is 1.54. The van der Waals surface area contributed by atoms with Crippen LogP contribution in [0.2, 0.25) is 0 Å². The van der Waals surface area contributed by atoms with Crippen LogP contribution in [0.5, 0.6) is 0 Å². The number of benzene rings is 1. The van der Waals surface area contributed by atoms with Crippen molar-refractivity contribution in [3.63, 3.8) is 0 Å². The van der Waals surface area contributed by atoms with Crippen molar-refractivity contribution in [3.8, 4) is 0 Å². The summed E-state index contributed by atoms with van der Waals surface area (Å²) < 4.78 is 0. The third-order valence-electron chi connectivity index (χ3n) is 2.65. The van der Waals surface area contributed by atoms with Crippen molar-refractivity contribution < 1.29 is 14.7 Å². The highest BCUT2D eigenvalue weighted by atomic mass is 16.4. The van der Waals surface area contributed by atoms with E-state index in [4.69, 9.17) is 5.11 Å². The van der Waals surface area contributed by atoms with Crippen LogP contribution in [0, 0.1) is 0 Å². The number of hydrogen-bond acceptors (Lipinski definition) is 2. The minimum Gasteiger partial charge on any atom is -0.480 e. The van der Waals surface area contributed by atoms with E-state index in [-0.39, 0.29) is 18.9 Å². The second-order valence-corrected chi connectivity index (χ2v) is 4.60. The molecule has 0 spiro atoms. The van der Waals surface area contributed by atoms with E-state index in [1.54, 1.807) is 6.08 Å². The predicted molar refractivity (Wildman–Crippen MR) is 74.8 cm³/mol. The maximum absolute atomic E-state index is 11.3. The van der Waals surface area contributed by atoms with Crippen LogP contribution in [-0.4, -0.2) is 23.5 Å². The maximum atomic E-state index is 11.3. The molecule has 0 radical (unpaired) electrons. The summed E-state index contributed by atoms with van der Waals surface area (Å²) in [6, 6.07) is 8.13. The highest BCUT2D eigenvalue weighted by molar-refractivity contribution is 5.82. The van der Waals surface area contributed by atoms with E-state index in [9.17, 15) is 9.59 Å². The summed E-state index contributed by atoms with van der Waals surface area (Å²) in [6.45, 7) is 3.94. The Kier molecular flexibility index (Phi) is 5.79. The molecule has 19 heavy (non-hydrogen) atoms. The van der Waals surface area contributed by atoms with Crippen molar-refractivity contribution in [1.82, 2.24) is 5.32 Å². The van der Waals surface area contributed by atoms with Crippen molar-refractivity contribution in [2.24, 2.45) is 0 Å². The van der Waals surface area contributed by atoms with E-state index in [0.29, 0.717) is 5.92 Å². The zero-order valence-corrected chi connectivity index (χ0v) is 11.2. The first kappa shape index (κ1) is 15.0. The topological polar surface area (TPSA) is 66.4 Å². The predicted octanol–water partition coefficient (Wildman–Crippen LogP) is 2.41. The Hall–Kier alpha value is -2.10. The van der Waals surface area contributed by atoms with Gasteiger partial charge in [0.25, 0.3) is 0 Å². The molecule has 1 aromatic rings. The van der Waals surface area contributed by atoms with Crippen LogP contribution in [0.25, 0.3) is 6.08 Å². The van der Waals surface area contributed by atoms with E-state index in [2.05, 4.69) is 31.3 Å². The van der Waals surface area contributed by atoms with Crippen molar-refractivity contribution in [3.05, 3.63) is 41.5 Å². The van der Waals surface area contributed by atoms with Crippen molar-refractivity contribution >= 4 is 18.0 Å². The van der Waals surface area contributed by atoms with Gasteiger partial charge in [0.05, 0.1) is 0 Å². The second kappa shape index (κ2) is 7.36. The van der Waals surface area contributed by atoms with Crippen molar-refractivity contribution in [2.75, 3.05) is 6.54 Å². The second-order valence-electron chi connectivity index (χ2n) is 4.60. The molecular formula is C15H19NO3. The molecule has 0 aliphatic carbocycles. The summed E-state index contributed by atoms with van der Waals surface area (Å²) in [5, 5.41) is 10.7. The zero-order chi connectivity index (χ0) is 14.3. The number of aliphatic carboxylic acids is 1. The Morgan fingerprint density at radius 2 is 1.89 bits per heavy atom. The van der Waals surface area contributed by atoms with Crippen molar-refractivity contribution in [1.29, 1.82) is 0 Å². The number of carbonyl (C=O) groups excluding carboxylic acids is 1. The van der Waals surface area contributed by atoms with E-state index < -0.39 is 5.97 Å². The first-order valence-electron chi connectivity index (χ1n) is 6.24. The summed E-state index contributed by atoms with van der Waals surface area (Å²) in [7, 11) is 0. The van der Waals surface area contributed by atoms with Crippen LogP contribution in [0.15, 0.2) is 30.3 Å². The molecule has 1 amide bonds. The number of carboxylic acid groups (broad SMARTS) is 1. The fraction of sp³-hybridized carbons (Fsp3) is 0.333. The SMILES string of the molecule is CC(C)c1ccc(/C=C/CC(=O)NCC(=O)O)cc1. The minimum absolute atomic E-state index is 0.180. The van der Waals surface area contributed by atoms with Gasteiger partial charge in [-0.25, -0.2) is 0 Å². The largest absolute Gasteiger partial charge is 0.480 e. The lowest BCUT2D eigenvalue weighted by atomic mass is 10.0.